The first-order chi connectivity index (χ1) is 12.3. The van der Waals surface area contributed by atoms with Crippen LogP contribution in [0.2, 0.25) is 0 Å². The molecule has 0 saturated carbocycles. The van der Waals surface area contributed by atoms with Crippen molar-refractivity contribution in [3.05, 3.63) is 12.2 Å². The lowest BCUT2D eigenvalue weighted by Crippen LogP contribution is -2.27. The average molecular weight is 419 g/mol. The first-order valence-electron chi connectivity index (χ1n) is 10.2. The Hall–Kier alpha value is -0.350. The van der Waals surface area contributed by atoms with E-state index >= 15 is 0 Å². The molecule has 0 aliphatic rings. The molecule has 0 aromatic heterocycles. The molecule has 0 rings (SSSR count). The molecular weight excluding hydrogens is 380 g/mol. The molecule has 3 nitrogen and oxygen atoms in total. The predicted octanol–water partition coefficient (Wildman–Crippen LogP) is 6.59. The molecule has 0 N–H and O–H groups in total. The number of carbonyl (C=O) groups excluding carboxylic acids is 1. The topological polar surface area (TPSA) is 35.5 Å². The molecule has 0 amide bonds. The largest absolute Gasteiger partial charge is 0.464 e. The molecule has 0 bridgehead atoms. The molecule has 148 valence electrons. The molecule has 0 aliphatic carbocycles. The number of carbonyl (C=O) groups is 1. The van der Waals surface area contributed by atoms with Crippen molar-refractivity contribution in [1.29, 1.82) is 0 Å². The van der Waals surface area contributed by atoms with Gasteiger partial charge in [-0.15, -0.1) is 0 Å². The van der Waals surface area contributed by atoms with Gasteiger partial charge in [-0.05, 0) is 32.1 Å². The Morgan fingerprint density at radius 3 is 2.36 bits per heavy atom. The van der Waals surface area contributed by atoms with Crippen LogP contribution in [0, 0.1) is 0 Å². The van der Waals surface area contributed by atoms with Gasteiger partial charge in [0.25, 0.3) is 0 Å². The summed E-state index contributed by atoms with van der Waals surface area (Å²) in [6.45, 7) is 5.37. The second-order valence-electron chi connectivity index (χ2n) is 6.56. The molecule has 25 heavy (non-hydrogen) atoms. The number of rotatable bonds is 18. The lowest BCUT2D eigenvalue weighted by atomic mass is 10.1. The van der Waals surface area contributed by atoms with Crippen LogP contribution in [0.25, 0.3) is 0 Å². The van der Waals surface area contributed by atoms with E-state index in [2.05, 4.69) is 35.9 Å². The normalized spacial score (nSPS) is 12.6. The lowest BCUT2D eigenvalue weighted by Gasteiger charge is -2.15. The fraction of sp³-hybridized carbons (Fsp3) is 0.857. The third-order valence-corrected chi connectivity index (χ3v) is 4.70. The number of esters is 1. The smallest absolute Gasteiger partial charge is 0.335 e. The van der Waals surface area contributed by atoms with Crippen LogP contribution in [0.4, 0.5) is 0 Å². The molecule has 0 aromatic carbocycles. The van der Waals surface area contributed by atoms with E-state index in [0.29, 0.717) is 13.2 Å². The second-order valence-corrected chi connectivity index (χ2v) is 7.35. The summed E-state index contributed by atoms with van der Waals surface area (Å²) in [6, 6.07) is 0. The Kier molecular flexibility index (Phi) is 19.7. The number of unbranched alkanes of at least 4 members (excludes halogenated alkanes) is 8. The van der Waals surface area contributed by atoms with Crippen molar-refractivity contribution in [2.24, 2.45) is 0 Å². The van der Waals surface area contributed by atoms with Crippen LogP contribution in [0.5, 0.6) is 0 Å². The van der Waals surface area contributed by atoms with Crippen LogP contribution in [-0.2, 0) is 14.3 Å². The molecular formula is C21H39BrO3. The van der Waals surface area contributed by atoms with Crippen molar-refractivity contribution in [3.8, 4) is 0 Å². The van der Waals surface area contributed by atoms with Gasteiger partial charge in [-0.1, -0.05) is 86.9 Å². The molecule has 0 spiro atoms. The van der Waals surface area contributed by atoms with E-state index in [1.165, 1.54) is 38.5 Å². The Morgan fingerprint density at radius 2 is 1.64 bits per heavy atom. The highest BCUT2D eigenvalue weighted by atomic mass is 79.9. The first-order valence-corrected chi connectivity index (χ1v) is 11.4. The Bertz CT molecular complexity index is 318. The minimum Gasteiger partial charge on any atom is -0.464 e. The van der Waals surface area contributed by atoms with Gasteiger partial charge < -0.3 is 9.47 Å². The Balaban J connectivity index is 3.92. The minimum atomic E-state index is -0.410. The highest BCUT2D eigenvalue weighted by Crippen LogP contribution is 2.09. The van der Waals surface area contributed by atoms with Crippen LogP contribution in [0.3, 0.4) is 0 Å². The minimum absolute atomic E-state index is 0.190. The molecule has 0 aliphatic heterocycles. The van der Waals surface area contributed by atoms with Gasteiger partial charge in [0.2, 0.25) is 0 Å². The maximum Gasteiger partial charge on any atom is 0.335 e. The molecule has 0 radical (unpaired) electrons. The number of hydrogen-bond donors (Lipinski definition) is 0. The SMILES string of the molecule is CCCCCC/C=C\COC(CCCC)C(=O)OCCCCCCBr. The van der Waals surface area contributed by atoms with Crippen molar-refractivity contribution in [2.45, 2.75) is 97.0 Å². The van der Waals surface area contributed by atoms with Crippen molar-refractivity contribution >= 4 is 21.9 Å². The zero-order chi connectivity index (χ0) is 18.6. The molecule has 0 saturated heterocycles. The summed E-state index contributed by atoms with van der Waals surface area (Å²) in [5.74, 6) is -0.190. The molecule has 4 heteroatoms. The van der Waals surface area contributed by atoms with Gasteiger partial charge in [-0.2, -0.15) is 0 Å². The summed E-state index contributed by atoms with van der Waals surface area (Å²) in [5.41, 5.74) is 0. The summed E-state index contributed by atoms with van der Waals surface area (Å²) in [5, 5.41) is 1.05. The zero-order valence-corrected chi connectivity index (χ0v) is 18.0. The van der Waals surface area contributed by atoms with Gasteiger partial charge in [0.05, 0.1) is 13.2 Å². The summed E-state index contributed by atoms with van der Waals surface area (Å²) < 4.78 is 11.2. The van der Waals surface area contributed by atoms with Crippen molar-refractivity contribution in [1.82, 2.24) is 0 Å². The molecule has 0 aromatic rings. The summed E-state index contributed by atoms with van der Waals surface area (Å²) >= 11 is 3.43. The number of allylic oxidation sites excluding steroid dienone is 1. The average Bonchev–Trinajstić information content (AvgIpc) is 2.62. The van der Waals surface area contributed by atoms with Crippen molar-refractivity contribution in [3.63, 3.8) is 0 Å². The zero-order valence-electron chi connectivity index (χ0n) is 16.4. The van der Waals surface area contributed by atoms with E-state index < -0.39 is 6.10 Å². The van der Waals surface area contributed by atoms with E-state index in [9.17, 15) is 4.79 Å². The molecule has 0 heterocycles. The maximum atomic E-state index is 12.2. The van der Waals surface area contributed by atoms with E-state index in [1.54, 1.807) is 0 Å². The summed E-state index contributed by atoms with van der Waals surface area (Å²) in [4.78, 5) is 12.2. The Morgan fingerprint density at radius 1 is 0.920 bits per heavy atom. The monoisotopic (exact) mass is 418 g/mol. The van der Waals surface area contributed by atoms with Gasteiger partial charge in [-0.3, -0.25) is 0 Å². The second kappa shape index (κ2) is 20.0. The standard InChI is InChI=1S/C21H39BrO3/c1-3-5-7-8-9-11-14-18-24-20(16-6-4-2)21(23)25-19-15-12-10-13-17-22/h11,14,20H,3-10,12-13,15-19H2,1-2H3/b14-11-. The lowest BCUT2D eigenvalue weighted by molar-refractivity contribution is -0.157. The van der Waals surface area contributed by atoms with Crippen LogP contribution in [0.1, 0.15) is 90.9 Å². The van der Waals surface area contributed by atoms with Crippen LogP contribution >= 0.6 is 15.9 Å². The van der Waals surface area contributed by atoms with Crippen molar-refractivity contribution < 1.29 is 14.3 Å². The van der Waals surface area contributed by atoms with E-state index in [0.717, 1.165) is 43.9 Å². The fourth-order valence-electron chi connectivity index (χ4n) is 2.52. The van der Waals surface area contributed by atoms with Gasteiger partial charge in [0.15, 0.2) is 6.10 Å². The van der Waals surface area contributed by atoms with E-state index in [1.807, 2.05) is 6.08 Å². The number of hydrogen-bond acceptors (Lipinski definition) is 3. The van der Waals surface area contributed by atoms with E-state index in [-0.39, 0.29) is 5.97 Å². The van der Waals surface area contributed by atoms with Crippen LogP contribution in [0.15, 0.2) is 12.2 Å². The third kappa shape index (κ3) is 16.8. The third-order valence-electron chi connectivity index (χ3n) is 4.14. The first kappa shape index (κ1) is 24.7. The predicted molar refractivity (Wildman–Crippen MR) is 110 cm³/mol. The van der Waals surface area contributed by atoms with Crippen LogP contribution in [-0.4, -0.2) is 30.6 Å². The molecule has 1 atom stereocenters. The maximum absolute atomic E-state index is 12.2. The van der Waals surface area contributed by atoms with Gasteiger partial charge in [0.1, 0.15) is 0 Å². The van der Waals surface area contributed by atoms with Gasteiger partial charge >= 0.3 is 5.97 Å². The van der Waals surface area contributed by atoms with E-state index in [4.69, 9.17) is 9.47 Å². The van der Waals surface area contributed by atoms with Gasteiger partial charge in [0, 0.05) is 5.33 Å². The Labute approximate surface area is 164 Å². The van der Waals surface area contributed by atoms with Gasteiger partial charge in [-0.25, -0.2) is 4.79 Å². The quantitative estimate of drug-likeness (QED) is 0.109. The summed E-state index contributed by atoms with van der Waals surface area (Å²) in [6.07, 6.45) is 17.2. The number of ether oxygens (including phenoxy) is 2. The highest BCUT2D eigenvalue weighted by Gasteiger charge is 2.19. The summed E-state index contributed by atoms with van der Waals surface area (Å²) in [7, 11) is 0. The molecule has 0 fully saturated rings. The van der Waals surface area contributed by atoms with Crippen molar-refractivity contribution in [2.75, 3.05) is 18.5 Å². The molecule has 1 unspecified atom stereocenters. The fourth-order valence-corrected chi connectivity index (χ4v) is 2.92. The number of alkyl halides is 1. The van der Waals surface area contributed by atoms with Crippen LogP contribution < -0.4 is 0 Å². The highest BCUT2D eigenvalue weighted by molar-refractivity contribution is 9.09. The number of halogens is 1.